The van der Waals surface area contributed by atoms with Crippen LogP contribution in [0.3, 0.4) is 0 Å². The summed E-state index contributed by atoms with van der Waals surface area (Å²) in [5.74, 6) is -1.39. The Kier molecular flexibility index (Phi) is 3.44. The van der Waals surface area contributed by atoms with Gasteiger partial charge in [0, 0.05) is 0 Å². The van der Waals surface area contributed by atoms with E-state index in [9.17, 15) is 4.79 Å². The fourth-order valence-electron chi connectivity index (χ4n) is 1.25. The molecule has 3 unspecified atom stereocenters. The largest absolute Gasteiger partial charge is 0.479 e. The van der Waals surface area contributed by atoms with Crippen LogP contribution >= 0.6 is 58.0 Å². The molecule has 1 rings (SSSR count). The number of carboxylic acid groups (broad SMARTS) is 1. The standard InChI is InChI=1S/C6H6Cl5NO2/c1-12-3(8)2(7)5(9,10)6(12,11)4(13)14/h2-3H,1H3,(H,13,14). The van der Waals surface area contributed by atoms with Gasteiger partial charge in [-0.15, -0.1) is 23.2 Å². The third-order valence-corrected chi connectivity index (χ3v) is 5.57. The van der Waals surface area contributed by atoms with Gasteiger partial charge in [0.2, 0.25) is 5.00 Å². The first-order chi connectivity index (χ1) is 6.17. The number of rotatable bonds is 1. The zero-order valence-corrected chi connectivity index (χ0v) is 10.6. The van der Waals surface area contributed by atoms with Crippen LogP contribution in [0.1, 0.15) is 0 Å². The van der Waals surface area contributed by atoms with Gasteiger partial charge in [0.15, 0.2) is 4.33 Å². The second-order valence-electron chi connectivity index (χ2n) is 2.94. The topological polar surface area (TPSA) is 40.5 Å². The van der Waals surface area contributed by atoms with Crippen LogP contribution < -0.4 is 0 Å². The van der Waals surface area contributed by atoms with Gasteiger partial charge in [-0.25, -0.2) is 4.79 Å². The predicted octanol–water partition coefficient (Wildman–Crippen LogP) is 2.30. The molecule has 0 aromatic rings. The van der Waals surface area contributed by atoms with Crippen molar-refractivity contribution in [1.29, 1.82) is 0 Å². The number of carbonyl (C=O) groups is 1. The Morgan fingerprint density at radius 2 is 1.79 bits per heavy atom. The lowest BCUT2D eigenvalue weighted by Crippen LogP contribution is -2.54. The van der Waals surface area contributed by atoms with Gasteiger partial charge < -0.3 is 5.11 Å². The summed E-state index contributed by atoms with van der Waals surface area (Å²) in [7, 11) is 1.39. The van der Waals surface area contributed by atoms with E-state index in [1.165, 1.54) is 7.05 Å². The summed E-state index contributed by atoms with van der Waals surface area (Å²) < 4.78 is -1.86. The minimum atomic E-state index is -2.02. The Balaban J connectivity index is 3.24. The van der Waals surface area contributed by atoms with Crippen molar-refractivity contribution in [2.45, 2.75) is 20.2 Å². The summed E-state index contributed by atoms with van der Waals surface area (Å²) in [4.78, 5) is 10.1. The fourth-order valence-corrected chi connectivity index (χ4v) is 3.04. The van der Waals surface area contributed by atoms with E-state index in [1.54, 1.807) is 0 Å². The summed E-state index contributed by atoms with van der Waals surface area (Å²) in [6.07, 6.45) is 0. The molecule has 0 bridgehead atoms. The molecule has 1 heterocycles. The highest BCUT2D eigenvalue weighted by molar-refractivity contribution is 6.61. The zero-order chi connectivity index (χ0) is 11.3. The van der Waals surface area contributed by atoms with Crippen molar-refractivity contribution in [2.24, 2.45) is 0 Å². The third-order valence-electron chi connectivity index (χ3n) is 2.17. The molecule has 0 saturated carbocycles. The molecule has 1 aliphatic rings. The van der Waals surface area contributed by atoms with E-state index in [0.717, 1.165) is 4.90 Å². The van der Waals surface area contributed by atoms with E-state index >= 15 is 0 Å². The molecule has 82 valence electrons. The number of carboxylic acids is 1. The second kappa shape index (κ2) is 3.72. The molecular weight excluding hydrogens is 295 g/mol. The minimum absolute atomic E-state index is 0.847. The molecule has 3 nitrogen and oxygen atoms in total. The molecular formula is C6H6Cl5NO2. The first-order valence-corrected chi connectivity index (χ1v) is 5.49. The van der Waals surface area contributed by atoms with E-state index in [4.69, 9.17) is 63.1 Å². The summed E-state index contributed by atoms with van der Waals surface area (Å²) in [6, 6.07) is 0. The van der Waals surface area contributed by atoms with Crippen LogP contribution in [0.2, 0.25) is 0 Å². The maximum atomic E-state index is 11.0. The van der Waals surface area contributed by atoms with Gasteiger partial charge in [0.25, 0.3) is 0 Å². The highest BCUT2D eigenvalue weighted by atomic mass is 35.5. The molecule has 0 radical (unpaired) electrons. The summed E-state index contributed by atoms with van der Waals surface area (Å²) >= 11 is 29.0. The van der Waals surface area contributed by atoms with E-state index in [1.807, 2.05) is 0 Å². The number of hydrogen-bond acceptors (Lipinski definition) is 2. The molecule has 1 fully saturated rings. The number of aliphatic carboxylic acids is 1. The van der Waals surface area contributed by atoms with Crippen molar-refractivity contribution in [3.05, 3.63) is 0 Å². The molecule has 0 aromatic heterocycles. The van der Waals surface area contributed by atoms with Gasteiger partial charge in [0.1, 0.15) is 5.50 Å². The minimum Gasteiger partial charge on any atom is -0.479 e. The third kappa shape index (κ3) is 1.41. The van der Waals surface area contributed by atoms with E-state index in [0.29, 0.717) is 0 Å². The summed E-state index contributed by atoms with van der Waals surface area (Å²) in [5, 5.41) is 7.97. The normalized spacial score (nSPS) is 42.7. The molecule has 3 atom stereocenters. The van der Waals surface area contributed by atoms with Crippen LogP contribution in [-0.2, 0) is 4.79 Å². The van der Waals surface area contributed by atoms with Crippen molar-refractivity contribution in [3.63, 3.8) is 0 Å². The van der Waals surface area contributed by atoms with Crippen molar-refractivity contribution < 1.29 is 9.90 Å². The van der Waals surface area contributed by atoms with Crippen LogP contribution in [0.5, 0.6) is 0 Å². The van der Waals surface area contributed by atoms with Crippen molar-refractivity contribution in [3.8, 4) is 0 Å². The van der Waals surface area contributed by atoms with Crippen molar-refractivity contribution >= 4 is 64.0 Å². The molecule has 14 heavy (non-hydrogen) atoms. The molecule has 0 aromatic carbocycles. The maximum absolute atomic E-state index is 11.0. The van der Waals surface area contributed by atoms with E-state index < -0.39 is 26.2 Å². The van der Waals surface area contributed by atoms with Gasteiger partial charge in [-0.2, -0.15) is 0 Å². The van der Waals surface area contributed by atoms with Crippen LogP contribution in [0.4, 0.5) is 0 Å². The lowest BCUT2D eigenvalue weighted by molar-refractivity contribution is -0.144. The Morgan fingerprint density at radius 1 is 1.36 bits per heavy atom. The molecule has 8 heteroatoms. The van der Waals surface area contributed by atoms with Crippen LogP contribution in [0, 0.1) is 0 Å². The molecule has 0 aliphatic carbocycles. The Bertz CT molecular complexity index is 273. The van der Waals surface area contributed by atoms with Gasteiger partial charge in [-0.1, -0.05) is 34.8 Å². The number of likely N-dealkylation sites (tertiary alicyclic amines) is 1. The summed E-state index contributed by atoms with van der Waals surface area (Å²) in [6.45, 7) is 0. The number of halogens is 5. The maximum Gasteiger partial charge on any atom is 0.343 e. The van der Waals surface area contributed by atoms with Crippen LogP contribution in [0.15, 0.2) is 0 Å². The molecule has 0 spiro atoms. The molecule has 1 N–H and O–H groups in total. The average Bonchev–Trinajstić information content (AvgIpc) is 2.20. The fraction of sp³-hybridized carbons (Fsp3) is 0.833. The van der Waals surface area contributed by atoms with Crippen LogP contribution in [0.25, 0.3) is 0 Å². The SMILES string of the molecule is CN1C(Cl)C(Cl)C(Cl)(Cl)C1(Cl)C(=O)O. The van der Waals surface area contributed by atoms with Gasteiger partial charge in [-0.3, -0.25) is 4.90 Å². The highest BCUT2D eigenvalue weighted by Crippen LogP contribution is 2.54. The van der Waals surface area contributed by atoms with Gasteiger partial charge in [0.05, 0.1) is 5.38 Å². The van der Waals surface area contributed by atoms with Crippen molar-refractivity contribution in [2.75, 3.05) is 7.05 Å². The summed E-state index contributed by atoms with van der Waals surface area (Å²) in [5.41, 5.74) is -0.847. The smallest absolute Gasteiger partial charge is 0.343 e. The number of nitrogens with zero attached hydrogens (tertiary/aromatic N) is 1. The lowest BCUT2D eigenvalue weighted by Gasteiger charge is -2.32. The van der Waals surface area contributed by atoms with Gasteiger partial charge >= 0.3 is 5.97 Å². The zero-order valence-electron chi connectivity index (χ0n) is 6.85. The number of likely N-dealkylation sites (N-methyl/N-ethyl adjacent to an activating group) is 1. The average molecular weight is 301 g/mol. The Hall–Kier alpha value is 0.880. The first-order valence-electron chi connectivity index (χ1n) is 3.48. The highest BCUT2D eigenvalue weighted by Gasteiger charge is 2.69. The van der Waals surface area contributed by atoms with Crippen LogP contribution in [-0.4, -0.2) is 43.2 Å². The molecule has 1 saturated heterocycles. The van der Waals surface area contributed by atoms with E-state index in [2.05, 4.69) is 0 Å². The first kappa shape index (κ1) is 12.9. The Labute approximate surface area is 106 Å². The lowest BCUT2D eigenvalue weighted by atomic mass is 10.2. The Morgan fingerprint density at radius 3 is 1.93 bits per heavy atom. The van der Waals surface area contributed by atoms with Gasteiger partial charge in [-0.05, 0) is 7.05 Å². The predicted molar refractivity (Wildman–Crippen MR) is 57.7 cm³/mol. The molecule has 0 amide bonds. The second-order valence-corrected chi connectivity index (χ2v) is 5.79. The quantitative estimate of drug-likeness (QED) is 0.597. The monoisotopic (exact) mass is 299 g/mol. The number of alkyl halides is 5. The van der Waals surface area contributed by atoms with Crippen molar-refractivity contribution in [1.82, 2.24) is 4.90 Å². The number of hydrogen-bond donors (Lipinski definition) is 1. The van der Waals surface area contributed by atoms with E-state index in [-0.39, 0.29) is 0 Å². The molecule has 1 aliphatic heterocycles.